The van der Waals surface area contributed by atoms with Crippen LogP contribution in [-0.4, -0.2) is 20.6 Å². The lowest BCUT2D eigenvalue weighted by atomic mass is 10.1. The summed E-state index contributed by atoms with van der Waals surface area (Å²) in [5, 5.41) is 9.02. The number of carbonyl (C=O) groups is 1. The van der Waals surface area contributed by atoms with Crippen molar-refractivity contribution in [2.75, 3.05) is 0 Å². The van der Waals surface area contributed by atoms with E-state index in [-0.39, 0.29) is 17.3 Å². The van der Waals surface area contributed by atoms with E-state index in [1.165, 1.54) is 0 Å². The van der Waals surface area contributed by atoms with Gasteiger partial charge in [-0.15, -0.1) is 0 Å². The molecule has 0 radical (unpaired) electrons. The normalized spacial score (nSPS) is 28.8. The van der Waals surface area contributed by atoms with E-state index in [9.17, 15) is 4.79 Å². The molecule has 4 heteroatoms. The Balaban J connectivity index is 2.32. The fourth-order valence-corrected chi connectivity index (χ4v) is 2.32. The Bertz CT molecular complexity index is 381. The van der Waals surface area contributed by atoms with Gasteiger partial charge in [-0.1, -0.05) is 13.8 Å². The van der Waals surface area contributed by atoms with E-state index in [4.69, 9.17) is 5.11 Å². The third-order valence-corrected chi connectivity index (χ3v) is 3.27. The number of carboxylic acid groups (broad SMARTS) is 1. The van der Waals surface area contributed by atoms with E-state index in [1.807, 2.05) is 25.5 Å². The summed E-state index contributed by atoms with van der Waals surface area (Å²) in [6.45, 7) is 3.98. The molecule has 1 aliphatic carbocycles. The van der Waals surface area contributed by atoms with Crippen molar-refractivity contribution in [1.82, 2.24) is 9.55 Å². The van der Waals surface area contributed by atoms with Gasteiger partial charge in [0.25, 0.3) is 0 Å². The number of hydrogen-bond donors (Lipinski definition) is 1. The van der Waals surface area contributed by atoms with Gasteiger partial charge < -0.3 is 9.67 Å². The monoisotopic (exact) mass is 194 g/mol. The van der Waals surface area contributed by atoms with Crippen LogP contribution in [0.3, 0.4) is 0 Å². The molecule has 0 aromatic carbocycles. The van der Waals surface area contributed by atoms with Crippen molar-refractivity contribution in [3.63, 3.8) is 0 Å². The van der Waals surface area contributed by atoms with E-state index < -0.39 is 5.97 Å². The van der Waals surface area contributed by atoms with Gasteiger partial charge in [0.05, 0.1) is 12.2 Å². The molecule has 1 fully saturated rings. The maximum absolute atomic E-state index is 11.0. The van der Waals surface area contributed by atoms with Crippen LogP contribution in [0, 0.1) is 11.3 Å². The molecule has 2 unspecified atom stereocenters. The maximum atomic E-state index is 11.0. The molecule has 2 rings (SSSR count). The van der Waals surface area contributed by atoms with Gasteiger partial charge in [-0.3, -0.25) is 4.79 Å². The fourth-order valence-electron chi connectivity index (χ4n) is 2.32. The number of aromatic nitrogens is 2. The zero-order valence-electron chi connectivity index (χ0n) is 8.56. The number of rotatable bonds is 2. The molecular formula is C10H14N2O2. The smallest absolute Gasteiger partial charge is 0.307 e. The molecule has 0 amide bonds. The lowest BCUT2D eigenvalue weighted by molar-refractivity contribution is -0.139. The molecule has 4 nitrogen and oxygen atoms in total. The van der Waals surface area contributed by atoms with Gasteiger partial charge in [-0.2, -0.15) is 0 Å². The largest absolute Gasteiger partial charge is 0.481 e. The molecule has 0 saturated heterocycles. The highest BCUT2D eigenvalue weighted by atomic mass is 16.4. The Labute approximate surface area is 82.6 Å². The Morgan fingerprint density at radius 3 is 2.64 bits per heavy atom. The second kappa shape index (κ2) is 2.59. The van der Waals surface area contributed by atoms with Crippen molar-refractivity contribution in [2.45, 2.75) is 19.8 Å². The van der Waals surface area contributed by atoms with E-state index in [2.05, 4.69) is 4.98 Å². The number of imidazole rings is 1. The SMILES string of the molecule is Cn1cncc1C1C(C(=O)O)C1(C)C. The molecule has 0 spiro atoms. The van der Waals surface area contributed by atoms with E-state index in [1.54, 1.807) is 12.5 Å². The lowest BCUT2D eigenvalue weighted by Crippen LogP contribution is -2.03. The highest BCUT2D eigenvalue weighted by Gasteiger charge is 2.63. The minimum absolute atomic E-state index is 0.104. The summed E-state index contributed by atoms with van der Waals surface area (Å²) >= 11 is 0. The van der Waals surface area contributed by atoms with Gasteiger partial charge in [-0.05, 0) is 5.41 Å². The number of aliphatic carboxylic acids is 1. The van der Waals surface area contributed by atoms with Crippen LogP contribution in [0.4, 0.5) is 0 Å². The van der Waals surface area contributed by atoms with Crippen molar-refractivity contribution in [3.05, 3.63) is 18.2 Å². The summed E-state index contributed by atoms with van der Waals surface area (Å²) in [5.41, 5.74) is 0.877. The van der Waals surface area contributed by atoms with Gasteiger partial charge in [-0.25, -0.2) is 4.98 Å². The first kappa shape index (κ1) is 9.24. The zero-order chi connectivity index (χ0) is 10.5. The number of aryl methyl sites for hydroxylation is 1. The van der Waals surface area contributed by atoms with E-state index in [0.717, 1.165) is 5.69 Å². The first-order valence-corrected chi connectivity index (χ1v) is 4.65. The molecule has 1 heterocycles. The Hall–Kier alpha value is -1.32. The predicted molar refractivity (Wildman–Crippen MR) is 50.9 cm³/mol. The number of hydrogen-bond acceptors (Lipinski definition) is 2. The van der Waals surface area contributed by atoms with E-state index in [0.29, 0.717) is 0 Å². The molecule has 2 atom stereocenters. The topological polar surface area (TPSA) is 55.1 Å². The van der Waals surface area contributed by atoms with Crippen molar-refractivity contribution in [3.8, 4) is 0 Å². The average Bonchev–Trinajstić information content (AvgIpc) is 2.42. The summed E-state index contributed by atoms with van der Waals surface area (Å²) in [6, 6.07) is 0. The number of carboxylic acids is 1. The van der Waals surface area contributed by atoms with Crippen LogP contribution >= 0.6 is 0 Å². The molecule has 1 aliphatic rings. The van der Waals surface area contributed by atoms with Crippen LogP contribution in [-0.2, 0) is 11.8 Å². The second-order valence-corrected chi connectivity index (χ2v) is 4.54. The molecule has 1 N–H and O–H groups in total. The van der Waals surface area contributed by atoms with Crippen LogP contribution < -0.4 is 0 Å². The van der Waals surface area contributed by atoms with Crippen molar-refractivity contribution >= 4 is 5.97 Å². The van der Waals surface area contributed by atoms with Crippen molar-refractivity contribution in [1.29, 1.82) is 0 Å². The Morgan fingerprint density at radius 1 is 1.64 bits per heavy atom. The van der Waals surface area contributed by atoms with Gasteiger partial charge in [0.1, 0.15) is 0 Å². The third-order valence-electron chi connectivity index (χ3n) is 3.27. The third kappa shape index (κ3) is 1.06. The summed E-state index contributed by atoms with van der Waals surface area (Å²) in [4.78, 5) is 15.0. The maximum Gasteiger partial charge on any atom is 0.307 e. The van der Waals surface area contributed by atoms with E-state index >= 15 is 0 Å². The number of nitrogens with zero attached hydrogens (tertiary/aromatic N) is 2. The summed E-state index contributed by atoms with van der Waals surface area (Å²) in [7, 11) is 1.90. The highest BCUT2D eigenvalue weighted by molar-refractivity contribution is 5.77. The van der Waals surface area contributed by atoms with Crippen LogP contribution in [0.15, 0.2) is 12.5 Å². The predicted octanol–water partition coefficient (Wildman–Crippen LogP) is 1.24. The van der Waals surface area contributed by atoms with Gasteiger partial charge in [0.2, 0.25) is 0 Å². The first-order valence-electron chi connectivity index (χ1n) is 4.65. The average molecular weight is 194 g/mol. The van der Waals surface area contributed by atoms with Crippen LogP contribution in [0.1, 0.15) is 25.5 Å². The quantitative estimate of drug-likeness (QED) is 0.770. The van der Waals surface area contributed by atoms with Gasteiger partial charge >= 0.3 is 5.97 Å². The minimum atomic E-state index is -0.707. The lowest BCUT2D eigenvalue weighted by Gasteiger charge is -2.02. The summed E-state index contributed by atoms with van der Waals surface area (Å²) < 4.78 is 1.90. The summed E-state index contributed by atoms with van der Waals surface area (Å²) in [5.74, 6) is -0.869. The highest BCUT2D eigenvalue weighted by Crippen LogP contribution is 2.64. The second-order valence-electron chi connectivity index (χ2n) is 4.54. The van der Waals surface area contributed by atoms with Crippen molar-refractivity contribution < 1.29 is 9.90 Å². The first-order chi connectivity index (χ1) is 6.46. The summed E-state index contributed by atoms with van der Waals surface area (Å²) in [6.07, 6.45) is 3.47. The molecule has 0 aliphatic heterocycles. The van der Waals surface area contributed by atoms with Crippen molar-refractivity contribution in [2.24, 2.45) is 18.4 Å². The molecule has 1 aromatic rings. The van der Waals surface area contributed by atoms with Crippen LogP contribution in [0.25, 0.3) is 0 Å². The molecule has 1 saturated carbocycles. The molecule has 14 heavy (non-hydrogen) atoms. The fraction of sp³-hybridized carbons (Fsp3) is 0.600. The standard InChI is InChI=1S/C10H14N2O2/c1-10(2)7(8(10)9(13)14)6-4-11-5-12(6)3/h4-5,7-8H,1-3H3,(H,13,14). The molecule has 0 bridgehead atoms. The molecule has 1 aromatic heterocycles. The molecule has 76 valence electrons. The Kier molecular flexibility index (Phi) is 1.71. The van der Waals surface area contributed by atoms with Gasteiger partial charge in [0.15, 0.2) is 0 Å². The zero-order valence-corrected chi connectivity index (χ0v) is 8.56. The van der Waals surface area contributed by atoms with Crippen LogP contribution in [0.2, 0.25) is 0 Å². The van der Waals surface area contributed by atoms with Gasteiger partial charge in [0, 0.05) is 24.9 Å². The van der Waals surface area contributed by atoms with Crippen LogP contribution in [0.5, 0.6) is 0 Å². The minimum Gasteiger partial charge on any atom is -0.481 e. The Morgan fingerprint density at radius 2 is 2.29 bits per heavy atom. The molecular weight excluding hydrogens is 180 g/mol.